The zero-order valence-corrected chi connectivity index (χ0v) is 13.4. The van der Waals surface area contributed by atoms with Crippen molar-refractivity contribution in [2.75, 3.05) is 0 Å². The average molecular weight is 319 g/mol. The zero-order valence-electron chi connectivity index (χ0n) is 12.6. The van der Waals surface area contributed by atoms with Crippen molar-refractivity contribution in [3.8, 4) is 0 Å². The van der Waals surface area contributed by atoms with E-state index in [4.69, 9.17) is 0 Å². The van der Waals surface area contributed by atoms with E-state index in [1.165, 1.54) is 11.3 Å². The Bertz CT molecular complexity index is 516. The summed E-state index contributed by atoms with van der Waals surface area (Å²) in [7, 11) is 0. The number of carbonyl (C=O) groups excluding carboxylic acids is 1. The molecule has 0 spiro atoms. The van der Waals surface area contributed by atoms with E-state index in [0.717, 1.165) is 10.4 Å². The monoisotopic (exact) mass is 319 g/mol. The van der Waals surface area contributed by atoms with Crippen LogP contribution in [-0.2, 0) is 0 Å². The molecule has 21 heavy (non-hydrogen) atoms. The Morgan fingerprint density at radius 2 is 1.81 bits per heavy atom. The molecule has 118 valence electrons. The van der Waals surface area contributed by atoms with Gasteiger partial charge >= 0.3 is 6.18 Å². The Kier molecular flexibility index (Phi) is 4.12. The van der Waals surface area contributed by atoms with Crippen LogP contribution < -0.4 is 5.32 Å². The number of alkyl halides is 3. The smallest absolute Gasteiger partial charge is 0.337 e. The average Bonchev–Trinajstić information content (AvgIpc) is 2.98. The lowest BCUT2D eigenvalue weighted by Crippen LogP contribution is -2.47. The fourth-order valence-corrected chi connectivity index (χ4v) is 3.53. The Morgan fingerprint density at radius 3 is 2.14 bits per heavy atom. The van der Waals surface area contributed by atoms with Gasteiger partial charge in [0.1, 0.15) is 5.54 Å². The standard InChI is InChI=1S/C15H20F3NOS/c1-8(2)10-7-11(21-12(10)9(3)4)13(20)19-14(5-6-14)15(16,17)18/h7-9H,5-6H2,1-4H3,(H,19,20). The second-order valence-electron chi connectivity index (χ2n) is 6.27. The van der Waals surface area contributed by atoms with Gasteiger partial charge in [0, 0.05) is 4.88 Å². The molecular weight excluding hydrogens is 299 g/mol. The van der Waals surface area contributed by atoms with Crippen LogP contribution >= 0.6 is 11.3 Å². The first kappa shape index (κ1) is 16.3. The molecule has 2 rings (SSSR count). The second-order valence-corrected chi connectivity index (χ2v) is 7.36. The van der Waals surface area contributed by atoms with Gasteiger partial charge in [0.05, 0.1) is 4.88 Å². The molecule has 1 amide bonds. The predicted molar refractivity (Wildman–Crippen MR) is 78.0 cm³/mol. The molecule has 1 aliphatic carbocycles. The molecule has 0 unspecified atom stereocenters. The molecule has 1 fully saturated rings. The lowest BCUT2D eigenvalue weighted by atomic mass is 9.99. The maximum atomic E-state index is 12.9. The van der Waals surface area contributed by atoms with Gasteiger partial charge in [-0.15, -0.1) is 11.3 Å². The minimum atomic E-state index is -4.37. The lowest BCUT2D eigenvalue weighted by Gasteiger charge is -2.20. The van der Waals surface area contributed by atoms with E-state index in [0.29, 0.717) is 4.88 Å². The van der Waals surface area contributed by atoms with E-state index in [1.54, 1.807) is 6.07 Å². The summed E-state index contributed by atoms with van der Waals surface area (Å²) < 4.78 is 38.7. The van der Waals surface area contributed by atoms with Crippen molar-refractivity contribution in [1.82, 2.24) is 5.32 Å². The van der Waals surface area contributed by atoms with Crippen LogP contribution in [0.5, 0.6) is 0 Å². The van der Waals surface area contributed by atoms with Gasteiger partial charge in [0.25, 0.3) is 5.91 Å². The summed E-state index contributed by atoms with van der Waals surface area (Å²) >= 11 is 1.30. The van der Waals surface area contributed by atoms with Crippen molar-refractivity contribution in [2.45, 2.75) is 64.1 Å². The summed E-state index contributed by atoms with van der Waals surface area (Å²) in [5, 5.41) is 2.19. The number of hydrogen-bond donors (Lipinski definition) is 1. The third-order valence-electron chi connectivity index (χ3n) is 3.81. The van der Waals surface area contributed by atoms with Crippen LogP contribution in [0.2, 0.25) is 0 Å². The van der Waals surface area contributed by atoms with Gasteiger partial charge < -0.3 is 5.32 Å². The van der Waals surface area contributed by atoms with Crippen LogP contribution in [-0.4, -0.2) is 17.6 Å². The molecule has 1 saturated carbocycles. The number of hydrogen-bond acceptors (Lipinski definition) is 2. The van der Waals surface area contributed by atoms with Gasteiger partial charge in [-0.1, -0.05) is 27.7 Å². The maximum Gasteiger partial charge on any atom is 0.411 e. The molecule has 0 saturated heterocycles. The third kappa shape index (κ3) is 3.10. The van der Waals surface area contributed by atoms with Crippen molar-refractivity contribution in [1.29, 1.82) is 0 Å². The summed E-state index contributed by atoms with van der Waals surface area (Å²) in [4.78, 5) is 13.6. The van der Waals surface area contributed by atoms with E-state index < -0.39 is 17.6 Å². The normalized spacial score (nSPS) is 17.4. The van der Waals surface area contributed by atoms with Gasteiger partial charge in [-0.2, -0.15) is 13.2 Å². The van der Waals surface area contributed by atoms with Crippen LogP contribution in [0.15, 0.2) is 6.07 Å². The lowest BCUT2D eigenvalue weighted by molar-refractivity contribution is -0.163. The first-order chi connectivity index (χ1) is 9.57. The highest BCUT2D eigenvalue weighted by Crippen LogP contribution is 2.49. The SMILES string of the molecule is CC(C)c1cc(C(=O)NC2(C(F)(F)F)CC2)sc1C(C)C. The summed E-state index contributed by atoms with van der Waals surface area (Å²) in [5.41, 5.74) is -0.943. The van der Waals surface area contributed by atoms with Crippen molar-refractivity contribution >= 4 is 17.2 Å². The highest BCUT2D eigenvalue weighted by Gasteiger charge is 2.64. The number of nitrogens with one attached hydrogen (secondary N) is 1. The van der Waals surface area contributed by atoms with Crippen LogP contribution in [0.3, 0.4) is 0 Å². The number of rotatable bonds is 4. The van der Waals surface area contributed by atoms with Gasteiger partial charge in [0.15, 0.2) is 0 Å². The van der Waals surface area contributed by atoms with E-state index in [-0.39, 0.29) is 24.7 Å². The molecule has 0 aromatic carbocycles. The molecule has 0 atom stereocenters. The molecule has 2 nitrogen and oxygen atoms in total. The van der Waals surface area contributed by atoms with E-state index in [2.05, 4.69) is 5.32 Å². The fraction of sp³-hybridized carbons (Fsp3) is 0.667. The molecule has 0 radical (unpaired) electrons. The number of thiophene rings is 1. The van der Waals surface area contributed by atoms with Crippen LogP contribution in [0.4, 0.5) is 13.2 Å². The molecule has 6 heteroatoms. The van der Waals surface area contributed by atoms with Gasteiger partial charge in [-0.3, -0.25) is 4.79 Å². The summed E-state index contributed by atoms with van der Waals surface area (Å²) in [6.07, 6.45) is -4.43. The van der Waals surface area contributed by atoms with Gasteiger partial charge in [0.2, 0.25) is 0 Å². The van der Waals surface area contributed by atoms with Crippen LogP contribution in [0.1, 0.15) is 72.5 Å². The summed E-state index contributed by atoms with van der Waals surface area (Å²) in [5.74, 6) is -0.104. The van der Waals surface area contributed by atoms with Crippen LogP contribution in [0, 0.1) is 0 Å². The minimum Gasteiger partial charge on any atom is -0.337 e. The highest BCUT2D eigenvalue weighted by molar-refractivity contribution is 7.14. The van der Waals surface area contributed by atoms with Gasteiger partial charge in [-0.25, -0.2) is 0 Å². The number of amides is 1. The van der Waals surface area contributed by atoms with E-state index in [1.807, 2.05) is 27.7 Å². The largest absolute Gasteiger partial charge is 0.411 e. The highest BCUT2D eigenvalue weighted by atomic mass is 32.1. The second kappa shape index (κ2) is 5.30. The van der Waals surface area contributed by atoms with Gasteiger partial charge in [-0.05, 0) is 36.3 Å². The number of halogens is 3. The molecule has 0 bridgehead atoms. The van der Waals surface area contributed by atoms with Crippen LogP contribution in [0.25, 0.3) is 0 Å². The topological polar surface area (TPSA) is 29.1 Å². The molecule has 1 heterocycles. The van der Waals surface area contributed by atoms with E-state index >= 15 is 0 Å². The predicted octanol–water partition coefficient (Wildman–Crippen LogP) is 4.82. The molecule has 1 aliphatic rings. The Hall–Kier alpha value is -1.04. The fourth-order valence-electron chi connectivity index (χ4n) is 2.32. The first-order valence-electron chi connectivity index (χ1n) is 7.10. The molecule has 1 aromatic rings. The zero-order chi connectivity index (χ0) is 16.0. The van der Waals surface area contributed by atoms with Crippen molar-refractivity contribution in [2.24, 2.45) is 0 Å². The van der Waals surface area contributed by atoms with Crippen molar-refractivity contribution < 1.29 is 18.0 Å². The summed E-state index contributed by atoms with van der Waals surface area (Å²) in [6, 6.07) is 1.74. The summed E-state index contributed by atoms with van der Waals surface area (Å²) in [6.45, 7) is 8.09. The minimum absolute atomic E-state index is 0.0261. The molecule has 0 aliphatic heterocycles. The third-order valence-corrected chi connectivity index (χ3v) is 5.26. The molecular formula is C15H20F3NOS. The quantitative estimate of drug-likeness (QED) is 0.847. The molecule has 1 N–H and O–H groups in total. The Balaban J connectivity index is 2.23. The first-order valence-corrected chi connectivity index (χ1v) is 7.92. The number of carbonyl (C=O) groups is 1. The Morgan fingerprint density at radius 1 is 1.24 bits per heavy atom. The van der Waals surface area contributed by atoms with Crippen molar-refractivity contribution in [3.05, 3.63) is 21.4 Å². The maximum absolute atomic E-state index is 12.9. The Labute approximate surface area is 126 Å². The van der Waals surface area contributed by atoms with E-state index in [9.17, 15) is 18.0 Å². The molecule has 1 aromatic heterocycles. The van der Waals surface area contributed by atoms with Crippen molar-refractivity contribution in [3.63, 3.8) is 0 Å².